The SMILES string of the molecule is CC(C)(C)OC(=O)C[C@@H]1NC(=O)CNC(=O)[C@H](CCCN=C(N)N)NC(=O)[C@@H]2CC[C@@H]3CCC[C@@H](NC1=O)C(=O)N32. The van der Waals surface area contributed by atoms with E-state index in [-0.39, 0.29) is 25.0 Å². The maximum Gasteiger partial charge on any atom is 0.308 e. The van der Waals surface area contributed by atoms with Crippen LogP contribution in [0.3, 0.4) is 0 Å². The second-order valence-corrected chi connectivity index (χ2v) is 11.6. The summed E-state index contributed by atoms with van der Waals surface area (Å²) in [4.78, 5) is 84.2. The van der Waals surface area contributed by atoms with Crippen LogP contribution in [0.5, 0.6) is 0 Å². The van der Waals surface area contributed by atoms with Gasteiger partial charge in [0, 0.05) is 12.6 Å². The monoisotopic (exact) mass is 578 g/mol. The van der Waals surface area contributed by atoms with Gasteiger partial charge in [0.1, 0.15) is 29.8 Å². The van der Waals surface area contributed by atoms with Crippen molar-refractivity contribution in [3.05, 3.63) is 0 Å². The van der Waals surface area contributed by atoms with E-state index < -0.39 is 78.2 Å². The first kappa shape index (κ1) is 31.6. The summed E-state index contributed by atoms with van der Waals surface area (Å²) in [6.45, 7) is 4.72. The van der Waals surface area contributed by atoms with Crippen LogP contribution in [-0.2, 0) is 33.5 Å². The lowest BCUT2D eigenvalue weighted by molar-refractivity contribution is -0.156. The number of carbonyl (C=O) groups is 6. The number of nitrogens with zero attached hydrogens (tertiary/aromatic N) is 2. The van der Waals surface area contributed by atoms with Crippen LogP contribution in [0.15, 0.2) is 4.99 Å². The molecule has 3 heterocycles. The number of esters is 1. The van der Waals surface area contributed by atoms with Gasteiger partial charge in [0.15, 0.2) is 5.96 Å². The highest BCUT2D eigenvalue weighted by molar-refractivity contribution is 5.98. The van der Waals surface area contributed by atoms with E-state index in [9.17, 15) is 28.8 Å². The molecule has 41 heavy (non-hydrogen) atoms. The van der Waals surface area contributed by atoms with E-state index in [0.717, 1.165) is 0 Å². The van der Waals surface area contributed by atoms with Gasteiger partial charge in [-0.15, -0.1) is 0 Å². The van der Waals surface area contributed by atoms with Gasteiger partial charge in [-0.3, -0.25) is 33.8 Å². The highest BCUT2D eigenvalue weighted by atomic mass is 16.6. The molecular weight excluding hydrogens is 536 g/mol. The van der Waals surface area contributed by atoms with Crippen LogP contribution >= 0.6 is 0 Å². The highest BCUT2D eigenvalue weighted by Gasteiger charge is 2.45. The highest BCUT2D eigenvalue weighted by Crippen LogP contribution is 2.32. The molecule has 0 aromatic carbocycles. The number of amides is 5. The van der Waals surface area contributed by atoms with E-state index in [1.165, 1.54) is 4.90 Å². The molecule has 228 valence electrons. The number of rotatable bonds is 6. The maximum atomic E-state index is 13.7. The second kappa shape index (κ2) is 13.6. The number of guanidine groups is 1. The smallest absolute Gasteiger partial charge is 0.308 e. The lowest BCUT2D eigenvalue weighted by Gasteiger charge is -2.31. The minimum atomic E-state index is -1.35. The number of nitrogens with two attached hydrogens (primary N) is 2. The molecule has 0 aromatic rings. The molecule has 3 aliphatic rings. The standard InChI is InChI=1S/C26H42N8O7/c1-26(2,3)41-20(36)12-17-22(38)33-16-7-4-6-14-9-10-18(34(14)24(16)40)23(39)32-15(8-5-11-29-25(27)28)21(37)30-13-19(35)31-17/h14-18H,4-13H2,1-3H3,(H,30,37)(H,31,35)(H,32,39)(H,33,38)(H4,27,28,29)/t14-,15-,16+,17-,18-/m0/s1. The largest absolute Gasteiger partial charge is 0.460 e. The Morgan fingerprint density at radius 3 is 2.37 bits per heavy atom. The van der Waals surface area contributed by atoms with Crippen LogP contribution in [0.1, 0.15) is 72.1 Å². The van der Waals surface area contributed by atoms with Crippen LogP contribution in [0.2, 0.25) is 0 Å². The average Bonchev–Trinajstić information content (AvgIpc) is 3.23. The molecule has 15 heteroatoms. The number of hydrogen-bond donors (Lipinski definition) is 6. The van der Waals surface area contributed by atoms with E-state index in [2.05, 4.69) is 26.3 Å². The van der Waals surface area contributed by atoms with Crippen molar-refractivity contribution in [3.8, 4) is 0 Å². The Morgan fingerprint density at radius 1 is 0.951 bits per heavy atom. The molecule has 3 aliphatic heterocycles. The van der Waals surface area contributed by atoms with E-state index in [0.29, 0.717) is 38.5 Å². The molecule has 15 nitrogen and oxygen atoms in total. The molecule has 3 saturated heterocycles. The third kappa shape index (κ3) is 9.05. The molecule has 3 fully saturated rings. The molecule has 0 radical (unpaired) electrons. The summed E-state index contributed by atoms with van der Waals surface area (Å²) in [7, 11) is 0. The average molecular weight is 579 g/mol. The van der Waals surface area contributed by atoms with Crippen molar-refractivity contribution in [2.24, 2.45) is 16.5 Å². The second-order valence-electron chi connectivity index (χ2n) is 11.6. The van der Waals surface area contributed by atoms with E-state index in [4.69, 9.17) is 16.2 Å². The van der Waals surface area contributed by atoms with Gasteiger partial charge in [0.05, 0.1) is 13.0 Å². The number of aliphatic imine (C=N–C) groups is 1. The van der Waals surface area contributed by atoms with E-state index in [1.807, 2.05) is 0 Å². The van der Waals surface area contributed by atoms with Gasteiger partial charge < -0.3 is 42.4 Å². The summed E-state index contributed by atoms with van der Waals surface area (Å²) in [5.41, 5.74) is 9.91. The van der Waals surface area contributed by atoms with Gasteiger partial charge in [-0.1, -0.05) is 0 Å². The Balaban J connectivity index is 1.89. The third-order valence-electron chi connectivity index (χ3n) is 7.15. The molecule has 0 aliphatic carbocycles. The van der Waals surface area contributed by atoms with Crippen LogP contribution in [0.25, 0.3) is 0 Å². The fraction of sp³-hybridized carbons (Fsp3) is 0.731. The zero-order valence-corrected chi connectivity index (χ0v) is 23.9. The fourth-order valence-electron chi connectivity index (χ4n) is 5.36. The number of nitrogens with one attached hydrogen (secondary N) is 4. The molecule has 2 bridgehead atoms. The number of ether oxygens (including phenoxy) is 1. The minimum absolute atomic E-state index is 0.104. The predicted molar refractivity (Wildman–Crippen MR) is 147 cm³/mol. The topological polar surface area (TPSA) is 227 Å². The van der Waals surface area contributed by atoms with E-state index >= 15 is 0 Å². The van der Waals surface area contributed by atoms with Crippen molar-refractivity contribution >= 4 is 41.5 Å². The quantitative estimate of drug-likeness (QED) is 0.0876. The molecule has 5 atom stereocenters. The zero-order chi connectivity index (χ0) is 30.3. The summed E-state index contributed by atoms with van der Waals surface area (Å²) < 4.78 is 5.33. The fourth-order valence-corrected chi connectivity index (χ4v) is 5.36. The Morgan fingerprint density at radius 2 is 1.68 bits per heavy atom. The van der Waals surface area contributed by atoms with Gasteiger partial charge in [-0.25, -0.2) is 0 Å². The van der Waals surface area contributed by atoms with Crippen molar-refractivity contribution < 1.29 is 33.5 Å². The summed E-state index contributed by atoms with van der Waals surface area (Å²) >= 11 is 0. The Hall–Kier alpha value is -3.91. The van der Waals surface area contributed by atoms with Crippen molar-refractivity contribution in [1.29, 1.82) is 0 Å². The van der Waals surface area contributed by atoms with Crippen molar-refractivity contribution in [1.82, 2.24) is 26.2 Å². The summed E-state index contributed by atoms with van der Waals surface area (Å²) in [6, 6.07) is -4.32. The Kier molecular flexibility index (Phi) is 10.5. The van der Waals surface area contributed by atoms with Crippen molar-refractivity contribution in [3.63, 3.8) is 0 Å². The summed E-state index contributed by atoms with van der Waals surface area (Å²) in [6.07, 6.45) is 2.70. The molecule has 0 spiro atoms. The molecular formula is C26H42N8O7. The number of fused-ring (bicyclic) bond motifs is 1. The maximum absolute atomic E-state index is 13.7. The molecule has 0 aromatic heterocycles. The first-order valence-corrected chi connectivity index (χ1v) is 14.0. The van der Waals surface area contributed by atoms with Crippen LogP contribution in [0.4, 0.5) is 0 Å². The Labute approximate surface area is 238 Å². The van der Waals surface area contributed by atoms with Crippen LogP contribution in [0, 0.1) is 0 Å². The van der Waals surface area contributed by atoms with Crippen LogP contribution in [-0.4, -0.2) is 95.3 Å². The summed E-state index contributed by atoms with van der Waals surface area (Å²) in [5.74, 6) is -3.83. The first-order chi connectivity index (χ1) is 19.2. The molecule has 0 saturated carbocycles. The normalized spacial score (nSPS) is 27.7. The minimum Gasteiger partial charge on any atom is -0.460 e. The molecule has 0 unspecified atom stereocenters. The lowest BCUT2D eigenvalue weighted by Crippen LogP contribution is -2.58. The number of carbonyl (C=O) groups excluding carboxylic acids is 6. The van der Waals surface area contributed by atoms with Gasteiger partial charge in [-0.2, -0.15) is 0 Å². The molecule has 8 N–H and O–H groups in total. The third-order valence-corrected chi connectivity index (χ3v) is 7.15. The van der Waals surface area contributed by atoms with Gasteiger partial charge in [0.25, 0.3) is 0 Å². The van der Waals surface area contributed by atoms with Gasteiger partial charge in [0.2, 0.25) is 29.5 Å². The predicted octanol–water partition coefficient (Wildman–Crippen LogP) is -2.10. The van der Waals surface area contributed by atoms with Gasteiger partial charge >= 0.3 is 5.97 Å². The first-order valence-electron chi connectivity index (χ1n) is 14.0. The number of hydrogen-bond acceptors (Lipinski definition) is 8. The van der Waals surface area contributed by atoms with Crippen LogP contribution < -0.4 is 32.7 Å². The summed E-state index contributed by atoms with van der Waals surface area (Å²) in [5, 5.41) is 10.4. The van der Waals surface area contributed by atoms with Gasteiger partial charge in [-0.05, 0) is 65.7 Å². The zero-order valence-electron chi connectivity index (χ0n) is 23.9. The van der Waals surface area contributed by atoms with Crippen molar-refractivity contribution in [2.45, 2.75) is 108 Å². The van der Waals surface area contributed by atoms with E-state index in [1.54, 1.807) is 20.8 Å². The van der Waals surface area contributed by atoms with Crippen molar-refractivity contribution in [2.75, 3.05) is 13.1 Å². The molecule has 3 rings (SSSR count). The molecule has 5 amide bonds. The Bertz CT molecular complexity index is 1070. The lowest BCUT2D eigenvalue weighted by atomic mass is 10.0.